The molecule has 1 fully saturated rings. The van der Waals surface area contributed by atoms with Crippen LogP contribution in [0.5, 0.6) is 0 Å². The maximum Gasteiger partial charge on any atom is 0.322 e. The van der Waals surface area contributed by atoms with Crippen LogP contribution < -0.4 is 15.5 Å². The molecule has 7 heteroatoms. The van der Waals surface area contributed by atoms with E-state index in [1.165, 1.54) is 16.7 Å². The Hall–Kier alpha value is -4.13. The third-order valence-corrected chi connectivity index (χ3v) is 7.80. The first-order valence-corrected chi connectivity index (χ1v) is 13.5. The van der Waals surface area contributed by atoms with E-state index in [2.05, 4.69) is 59.7 Å². The van der Waals surface area contributed by atoms with Crippen LogP contribution in [0.1, 0.15) is 35.2 Å². The molecule has 2 N–H and O–H groups in total. The summed E-state index contributed by atoms with van der Waals surface area (Å²) in [7, 11) is 0. The van der Waals surface area contributed by atoms with Gasteiger partial charge in [0.25, 0.3) is 0 Å². The predicted octanol–water partition coefficient (Wildman–Crippen LogP) is 6.36. The second-order valence-corrected chi connectivity index (χ2v) is 10.6. The van der Waals surface area contributed by atoms with Crippen molar-refractivity contribution in [2.45, 2.75) is 46.1 Å². The third-order valence-electron chi connectivity index (χ3n) is 7.80. The number of urea groups is 1. The number of hydrogen-bond acceptors (Lipinski definition) is 5. The van der Waals surface area contributed by atoms with Gasteiger partial charge in [-0.2, -0.15) is 0 Å². The number of amides is 2. The van der Waals surface area contributed by atoms with E-state index in [1.807, 2.05) is 42.3 Å². The van der Waals surface area contributed by atoms with Crippen molar-refractivity contribution in [1.29, 1.82) is 0 Å². The number of nitrogens with one attached hydrogen (secondary N) is 2. The number of carbonyl (C=O) groups is 1. The molecule has 4 aromatic rings. The summed E-state index contributed by atoms with van der Waals surface area (Å²) in [4.78, 5) is 26.8. The van der Waals surface area contributed by atoms with Crippen LogP contribution in [0.3, 0.4) is 0 Å². The van der Waals surface area contributed by atoms with Crippen LogP contribution in [0.25, 0.3) is 10.9 Å². The quantitative estimate of drug-likeness (QED) is 0.337. The molecule has 0 aliphatic carbocycles. The number of piperidine rings is 1. The Morgan fingerprint density at radius 1 is 0.974 bits per heavy atom. The van der Waals surface area contributed by atoms with Gasteiger partial charge >= 0.3 is 6.03 Å². The number of carbonyl (C=O) groups excluding carboxylic acids is 1. The molecule has 0 bridgehead atoms. The normalized spacial score (nSPS) is 16.2. The van der Waals surface area contributed by atoms with Gasteiger partial charge in [-0.3, -0.25) is 4.98 Å². The molecule has 7 nitrogen and oxygen atoms in total. The van der Waals surface area contributed by atoms with Gasteiger partial charge in [0.2, 0.25) is 0 Å². The van der Waals surface area contributed by atoms with Crippen molar-refractivity contribution in [3.63, 3.8) is 0 Å². The van der Waals surface area contributed by atoms with Crippen LogP contribution in [0.15, 0.2) is 60.8 Å². The van der Waals surface area contributed by atoms with Crippen LogP contribution in [0.2, 0.25) is 0 Å². The fourth-order valence-electron chi connectivity index (χ4n) is 5.87. The fraction of sp³-hybridized carbons (Fsp3) is 0.323. The molecular formula is C31H34N6O. The molecule has 0 atom stereocenters. The molecule has 2 aromatic carbocycles. The number of anilines is 4. The highest BCUT2D eigenvalue weighted by atomic mass is 16.2. The lowest BCUT2D eigenvalue weighted by molar-refractivity contribution is 0.177. The van der Waals surface area contributed by atoms with Gasteiger partial charge in [0.1, 0.15) is 5.82 Å². The van der Waals surface area contributed by atoms with Crippen molar-refractivity contribution in [2.24, 2.45) is 0 Å². The number of hydrogen-bond donors (Lipinski definition) is 2. The zero-order chi connectivity index (χ0) is 26.2. The summed E-state index contributed by atoms with van der Waals surface area (Å²) in [6, 6.07) is 19.0. The van der Waals surface area contributed by atoms with E-state index in [4.69, 9.17) is 9.97 Å². The van der Waals surface area contributed by atoms with Crippen LogP contribution in [-0.4, -0.2) is 46.6 Å². The maximum absolute atomic E-state index is 12.9. The van der Waals surface area contributed by atoms with E-state index in [0.29, 0.717) is 0 Å². The molecule has 6 rings (SSSR count). The predicted molar refractivity (Wildman–Crippen MR) is 155 cm³/mol. The summed E-state index contributed by atoms with van der Waals surface area (Å²) < 4.78 is 0. The van der Waals surface area contributed by atoms with Gasteiger partial charge in [-0.1, -0.05) is 29.8 Å². The number of fused-ring (bicyclic) bond motifs is 2. The first-order valence-electron chi connectivity index (χ1n) is 13.5. The highest BCUT2D eigenvalue weighted by molar-refractivity contribution is 5.95. The minimum Gasteiger partial charge on any atom is -0.370 e. The summed E-state index contributed by atoms with van der Waals surface area (Å²) in [5.74, 6) is 0.815. The molecule has 4 heterocycles. The third kappa shape index (κ3) is 4.76. The Bertz CT molecular complexity index is 1490. The van der Waals surface area contributed by atoms with Gasteiger partial charge in [0.15, 0.2) is 0 Å². The molecule has 38 heavy (non-hydrogen) atoms. The lowest BCUT2D eigenvalue weighted by atomic mass is 10.0. The Balaban J connectivity index is 1.11. The highest BCUT2D eigenvalue weighted by Gasteiger charge is 2.30. The summed E-state index contributed by atoms with van der Waals surface area (Å²) >= 11 is 0. The first kappa shape index (κ1) is 24.2. The van der Waals surface area contributed by atoms with E-state index >= 15 is 0 Å². The molecule has 2 aliphatic heterocycles. The van der Waals surface area contributed by atoms with Crippen LogP contribution in [0, 0.1) is 20.8 Å². The Morgan fingerprint density at radius 2 is 1.79 bits per heavy atom. The van der Waals surface area contributed by atoms with Crippen molar-refractivity contribution >= 4 is 39.8 Å². The Morgan fingerprint density at radius 3 is 2.58 bits per heavy atom. The van der Waals surface area contributed by atoms with Crippen molar-refractivity contribution < 1.29 is 4.79 Å². The minimum atomic E-state index is 0.0229. The van der Waals surface area contributed by atoms with Gasteiger partial charge in [-0.05, 0) is 81.5 Å². The standard InChI is InChI=1S/C31H34N6O/c1-20-16-21(2)30-26(17-20)28(18-22(3)33-30)34-29-9-8-25(19-32-29)36-13-11-24(12-14-36)37-15-10-23-6-4-5-7-27(23)35-31(37)38/h4-9,16-19,24H,10-15H2,1-3H3,(H,35,38)(H,32,33,34). The molecule has 0 radical (unpaired) electrons. The zero-order valence-electron chi connectivity index (χ0n) is 22.3. The summed E-state index contributed by atoms with van der Waals surface area (Å²) in [6.45, 7) is 8.82. The van der Waals surface area contributed by atoms with E-state index in [0.717, 1.165) is 78.4 Å². The number of pyridine rings is 2. The SMILES string of the molecule is Cc1cc(C)c2nc(C)cc(Nc3ccc(N4CCC(N5CCc6ccccc6NC5=O)CC4)cn3)c2c1. The number of nitrogens with zero attached hydrogens (tertiary/aromatic N) is 4. The molecule has 1 saturated heterocycles. The minimum absolute atomic E-state index is 0.0229. The van der Waals surface area contributed by atoms with Gasteiger partial charge in [0.05, 0.1) is 23.1 Å². The van der Waals surface area contributed by atoms with Crippen molar-refractivity contribution in [2.75, 3.05) is 35.2 Å². The maximum atomic E-state index is 12.9. The number of rotatable bonds is 4. The number of aryl methyl sites for hydroxylation is 3. The molecule has 2 amide bonds. The molecule has 2 aliphatic rings. The molecule has 2 aromatic heterocycles. The van der Waals surface area contributed by atoms with E-state index in [-0.39, 0.29) is 12.1 Å². The Kier molecular flexibility index (Phi) is 6.35. The van der Waals surface area contributed by atoms with Crippen molar-refractivity contribution in [3.8, 4) is 0 Å². The molecule has 0 spiro atoms. The molecular weight excluding hydrogens is 472 g/mol. The molecule has 194 valence electrons. The second-order valence-electron chi connectivity index (χ2n) is 10.6. The van der Waals surface area contributed by atoms with Crippen LogP contribution in [0.4, 0.5) is 27.7 Å². The average Bonchev–Trinajstić information content (AvgIpc) is 3.08. The summed E-state index contributed by atoms with van der Waals surface area (Å²) in [5.41, 5.74) is 8.70. The van der Waals surface area contributed by atoms with Gasteiger partial charge < -0.3 is 20.4 Å². The topological polar surface area (TPSA) is 73.4 Å². The van der Waals surface area contributed by atoms with Gasteiger partial charge in [-0.15, -0.1) is 0 Å². The molecule has 0 unspecified atom stereocenters. The van der Waals surface area contributed by atoms with E-state index < -0.39 is 0 Å². The second kappa shape index (κ2) is 9.97. The average molecular weight is 507 g/mol. The van der Waals surface area contributed by atoms with Crippen molar-refractivity contribution in [1.82, 2.24) is 14.9 Å². The lowest BCUT2D eigenvalue weighted by Crippen LogP contribution is -2.48. The summed E-state index contributed by atoms with van der Waals surface area (Å²) in [5, 5.41) is 7.74. The van der Waals surface area contributed by atoms with Gasteiger partial charge in [0, 0.05) is 42.4 Å². The zero-order valence-corrected chi connectivity index (χ0v) is 22.3. The number of benzene rings is 2. The summed E-state index contributed by atoms with van der Waals surface area (Å²) in [6.07, 6.45) is 4.74. The number of aromatic nitrogens is 2. The Labute approximate surface area is 223 Å². The highest BCUT2D eigenvalue weighted by Crippen LogP contribution is 2.30. The van der Waals surface area contributed by atoms with Crippen LogP contribution >= 0.6 is 0 Å². The van der Waals surface area contributed by atoms with Crippen molar-refractivity contribution in [3.05, 3.63) is 83.2 Å². The van der Waals surface area contributed by atoms with E-state index in [1.54, 1.807) is 0 Å². The molecule has 0 saturated carbocycles. The monoisotopic (exact) mass is 506 g/mol. The van der Waals surface area contributed by atoms with E-state index in [9.17, 15) is 4.79 Å². The van der Waals surface area contributed by atoms with Crippen LogP contribution in [-0.2, 0) is 6.42 Å². The number of para-hydroxylation sites is 1. The first-order chi connectivity index (χ1) is 18.4. The van der Waals surface area contributed by atoms with Gasteiger partial charge in [-0.25, -0.2) is 9.78 Å². The lowest BCUT2D eigenvalue weighted by Gasteiger charge is -2.38. The smallest absolute Gasteiger partial charge is 0.322 e. The fourth-order valence-corrected chi connectivity index (χ4v) is 5.87. The largest absolute Gasteiger partial charge is 0.370 e.